The molecule has 0 aliphatic heterocycles. The van der Waals surface area contributed by atoms with Crippen LogP contribution in [0.5, 0.6) is 0 Å². The van der Waals surface area contributed by atoms with E-state index >= 15 is 0 Å². The van der Waals surface area contributed by atoms with E-state index in [0.717, 1.165) is 0 Å². The van der Waals surface area contributed by atoms with Crippen LogP contribution in [0, 0.1) is 13.1 Å². The van der Waals surface area contributed by atoms with Gasteiger partial charge in [0, 0.05) is 11.1 Å². The SMILES string of the molecule is [C-]#[N+]Cc1c([N+]#[C-])cc(C(F)(F)F)cc1C(F)(F)F. The summed E-state index contributed by atoms with van der Waals surface area (Å²) in [7, 11) is 0. The van der Waals surface area contributed by atoms with Crippen molar-refractivity contribution < 1.29 is 26.3 Å². The normalized spacial score (nSPS) is 11.8. The molecule has 2 nitrogen and oxygen atoms in total. The van der Waals surface area contributed by atoms with E-state index in [1.54, 1.807) is 0 Å². The quantitative estimate of drug-likeness (QED) is 0.520. The highest BCUT2D eigenvalue weighted by molar-refractivity contribution is 5.59. The molecule has 0 amide bonds. The molecule has 0 aromatic heterocycles. The Hall–Kier alpha value is -2.22. The van der Waals surface area contributed by atoms with Gasteiger partial charge < -0.3 is 4.85 Å². The topological polar surface area (TPSA) is 8.72 Å². The largest absolute Gasteiger partial charge is 0.415 e. The minimum atomic E-state index is -5.05. The third-order valence-corrected chi connectivity index (χ3v) is 2.22. The summed E-state index contributed by atoms with van der Waals surface area (Å²) in [6.07, 6.45) is -10.0. The van der Waals surface area contributed by atoms with Gasteiger partial charge in [-0.25, -0.2) is 11.4 Å². The fourth-order valence-electron chi connectivity index (χ4n) is 1.42. The average Bonchev–Trinajstić information content (AvgIpc) is 2.26. The molecule has 0 heterocycles. The van der Waals surface area contributed by atoms with E-state index < -0.39 is 41.3 Å². The second kappa shape index (κ2) is 4.81. The van der Waals surface area contributed by atoms with Crippen LogP contribution >= 0.6 is 0 Å². The lowest BCUT2D eigenvalue weighted by atomic mass is 10.0. The first-order chi connectivity index (χ1) is 8.61. The summed E-state index contributed by atoms with van der Waals surface area (Å²) in [6, 6.07) is 0.248. The van der Waals surface area contributed by atoms with Crippen molar-refractivity contribution in [2.24, 2.45) is 0 Å². The Kier molecular flexibility index (Phi) is 3.75. The third kappa shape index (κ3) is 3.16. The van der Waals surface area contributed by atoms with E-state index in [-0.39, 0.29) is 6.07 Å². The Morgan fingerprint density at radius 2 is 1.53 bits per heavy atom. The van der Waals surface area contributed by atoms with Crippen molar-refractivity contribution in [3.8, 4) is 0 Å². The molecule has 0 N–H and O–H groups in total. The Morgan fingerprint density at radius 1 is 0.947 bits per heavy atom. The molecule has 0 fully saturated rings. The van der Waals surface area contributed by atoms with Gasteiger partial charge in [-0.3, -0.25) is 0 Å². The molecule has 0 aliphatic rings. The summed E-state index contributed by atoms with van der Waals surface area (Å²) in [5.41, 5.74) is -4.69. The molecule has 0 unspecified atom stereocenters. The zero-order chi connectivity index (χ0) is 14.8. The Bertz CT molecular complexity index is 571. The highest BCUT2D eigenvalue weighted by Gasteiger charge is 2.40. The lowest BCUT2D eigenvalue weighted by molar-refractivity contribution is -0.143. The zero-order valence-corrected chi connectivity index (χ0v) is 9.02. The van der Waals surface area contributed by atoms with Crippen LogP contribution in [0.3, 0.4) is 0 Å². The van der Waals surface area contributed by atoms with Crippen LogP contribution in [0.25, 0.3) is 9.69 Å². The molecule has 8 heteroatoms. The van der Waals surface area contributed by atoms with Crippen LogP contribution in [0.15, 0.2) is 12.1 Å². The molecule has 0 spiro atoms. The van der Waals surface area contributed by atoms with E-state index in [4.69, 9.17) is 13.1 Å². The predicted octanol–water partition coefficient (Wildman–Crippen LogP) is 4.69. The second-order valence-electron chi connectivity index (χ2n) is 3.45. The van der Waals surface area contributed by atoms with Crippen LogP contribution in [0.1, 0.15) is 16.7 Å². The highest BCUT2D eigenvalue weighted by atomic mass is 19.4. The number of halogens is 6. The number of benzene rings is 1. The van der Waals surface area contributed by atoms with Crippen molar-refractivity contribution in [1.82, 2.24) is 0 Å². The molecule has 0 radical (unpaired) electrons. The van der Waals surface area contributed by atoms with Crippen molar-refractivity contribution in [3.05, 3.63) is 51.7 Å². The number of alkyl halides is 6. The van der Waals surface area contributed by atoms with Crippen molar-refractivity contribution in [1.29, 1.82) is 0 Å². The van der Waals surface area contributed by atoms with Crippen molar-refractivity contribution >= 4 is 5.69 Å². The van der Waals surface area contributed by atoms with Crippen molar-refractivity contribution in [2.75, 3.05) is 0 Å². The first kappa shape index (κ1) is 14.8. The average molecular weight is 278 g/mol. The first-order valence-electron chi connectivity index (χ1n) is 4.63. The van der Waals surface area contributed by atoms with Crippen molar-refractivity contribution in [2.45, 2.75) is 18.9 Å². The summed E-state index contributed by atoms with van der Waals surface area (Å²) in [5, 5.41) is 0. The molecule has 1 rings (SSSR count). The molecular formula is C11H4F6N2. The van der Waals surface area contributed by atoms with Crippen LogP contribution in [0.2, 0.25) is 0 Å². The van der Waals surface area contributed by atoms with Gasteiger partial charge in [-0.05, 0) is 12.1 Å². The van der Waals surface area contributed by atoms with Gasteiger partial charge in [-0.1, -0.05) is 0 Å². The lowest BCUT2D eigenvalue weighted by Crippen LogP contribution is -2.13. The van der Waals surface area contributed by atoms with Crippen molar-refractivity contribution in [3.63, 3.8) is 0 Å². The summed E-state index contributed by atoms with van der Waals surface area (Å²) in [5.74, 6) is 0. The number of hydrogen-bond acceptors (Lipinski definition) is 0. The van der Waals surface area contributed by atoms with Gasteiger partial charge in [-0.15, -0.1) is 0 Å². The molecule has 19 heavy (non-hydrogen) atoms. The van der Waals surface area contributed by atoms with Crippen LogP contribution < -0.4 is 0 Å². The monoisotopic (exact) mass is 278 g/mol. The summed E-state index contributed by atoms with van der Waals surface area (Å²) in [6.45, 7) is 12.4. The molecule has 1 aromatic carbocycles. The maximum absolute atomic E-state index is 12.7. The first-order valence-corrected chi connectivity index (χ1v) is 4.63. The highest BCUT2D eigenvalue weighted by Crippen LogP contribution is 2.41. The van der Waals surface area contributed by atoms with Gasteiger partial charge in [0.2, 0.25) is 6.54 Å². The summed E-state index contributed by atoms with van der Waals surface area (Å²) >= 11 is 0. The molecule has 0 saturated heterocycles. The van der Waals surface area contributed by atoms with E-state index in [9.17, 15) is 26.3 Å². The van der Waals surface area contributed by atoms with Gasteiger partial charge in [0.05, 0.1) is 12.1 Å². The molecule has 0 bridgehead atoms. The third-order valence-electron chi connectivity index (χ3n) is 2.22. The van der Waals surface area contributed by atoms with Crippen LogP contribution in [-0.4, -0.2) is 0 Å². The Labute approximate surface area is 103 Å². The molecule has 100 valence electrons. The summed E-state index contributed by atoms with van der Waals surface area (Å²) < 4.78 is 75.4. The number of hydrogen-bond donors (Lipinski definition) is 0. The minimum Gasteiger partial charge on any atom is -0.313 e. The smallest absolute Gasteiger partial charge is 0.313 e. The van der Waals surface area contributed by atoms with E-state index in [1.165, 1.54) is 0 Å². The fraction of sp³-hybridized carbons (Fsp3) is 0.273. The molecule has 0 aliphatic carbocycles. The number of rotatable bonds is 1. The van der Waals surface area contributed by atoms with Gasteiger partial charge in [-0.2, -0.15) is 26.3 Å². The molecule has 0 saturated carbocycles. The van der Waals surface area contributed by atoms with Gasteiger partial charge >= 0.3 is 12.4 Å². The number of nitrogens with zero attached hydrogens (tertiary/aromatic N) is 2. The predicted molar refractivity (Wildman–Crippen MR) is 53.0 cm³/mol. The Morgan fingerprint density at radius 3 is 1.89 bits per heavy atom. The van der Waals surface area contributed by atoms with E-state index in [2.05, 4.69) is 9.69 Å². The molecule has 0 atom stereocenters. The maximum Gasteiger partial charge on any atom is 0.415 e. The Balaban J connectivity index is 3.67. The van der Waals surface area contributed by atoms with Gasteiger partial charge in [0.15, 0.2) is 5.69 Å². The van der Waals surface area contributed by atoms with Gasteiger partial charge in [0.1, 0.15) is 0 Å². The standard InChI is InChI=1S/C11H4F6N2/c1-18-5-7-8(11(15,16)17)3-6(10(12,13)14)4-9(7)19-2/h3-4H,5H2. The van der Waals surface area contributed by atoms with E-state index in [1.807, 2.05) is 0 Å². The van der Waals surface area contributed by atoms with Crippen LogP contribution in [-0.2, 0) is 18.9 Å². The lowest BCUT2D eigenvalue weighted by Gasteiger charge is -2.15. The van der Waals surface area contributed by atoms with Crippen LogP contribution in [0.4, 0.5) is 32.0 Å². The van der Waals surface area contributed by atoms with Gasteiger partial charge in [0.25, 0.3) is 0 Å². The fourth-order valence-corrected chi connectivity index (χ4v) is 1.42. The summed E-state index contributed by atoms with van der Waals surface area (Å²) in [4.78, 5) is 5.35. The maximum atomic E-state index is 12.7. The molecule has 1 aromatic rings. The molecular weight excluding hydrogens is 274 g/mol. The zero-order valence-electron chi connectivity index (χ0n) is 9.02. The van der Waals surface area contributed by atoms with E-state index in [0.29, 0.717) is 6.07 Å². The second-order valence-corrected chi connectivity index (χ2v) is 3.45. The minimum absolute atomic E-state index is 0.0742.